The highest BCUT2D eigenvalue weighted by molar-refractivity contribution is 7.10. The Morgan fingerprint density at radius 2 is 2.31 bits per heavy atom. The number of aromatic nitrogens is 3. The quantitative estimate of drug-likeness (QED) is 0.784. The lowest BCUT2D eigenvalue weighted by atomic mass is 10.2. The summed E-state index contributed by atoms with van der Waals surface area (Å²) in [6.45, 7) is 3.90. The number of hydrogen-bond acceptors (Lipinski definition) is 6. The third kappa shape index (κ3) is 2.33. The van der Waals surface area contributed by atoms with Gasteiger partial charge in [-0.3, -0.25) is 4.79 Å². The molecule has 0 fully saturated rings. The predicted octanol–water partition coefficient (Wildman–Crippen LogP) is 2.29. The molecule has 2 rings (SSSR count). The summed E-state index contributed by atoms with van der Waals surface area (Å²) in [5, 5.41) is 6.75. The van der Waals surface area contributed by atoms with E-state index in [0.29, 0.717) is 11.3 Å². The number of Topliss-reactive ketones (excluding diaryl/α,β-unsaturated/α-hetero) is 1. The second kappa shape index (κ2) is 4.80. The van der Waals surface area contributed by atoms with Gasteiger partial charge in [0.25, 0.3) is 0 Å². The fraction of sp³-hybridized carbons (Fsp3) is 0.400. The van der Waals surface area contributed by atoms with Gasteiger partial charge in [0.1, 0.15) is 9.88 Å². The van der Waals surface area contributed by atoms with Gasteiger partial charge in [0.2, 0.25) is 0 Å². The Hall–Kier alpha value is -1.14. The highest BCUT2D eigenvalue weighted by Gasteiger charge is 2.16. The standard InChI is InChI=1S/C10H11N3OS2/c1-3-7-10(16-13-12-7)8(14)4-9-11-6(2)5-15-9/h5H,3-4H2,1-2H3. The lowest BCUT2D eigenvalue weighted by Gasteiger charge is -1.95. The van der Waals surface area contributed by atoms with Crippen LogP contribution in [-0.2, 0) is 12.8 Å². The maximum Gasteiger partial charge on any atom is 0.183 e. The van der Waals surface area contributed by atoms with Crippen LogP contribution in [0.5, 0.6) is 0 Å². The third-order valence-electron chi connectivity index (χ3n) is 2.12. The molecule has 6 heteroatoms. The van der Waals surface area contributed by atoms with Gasteiger partial charge in [0.15, 0.2) is 5.78 Å². The van der Waals surface area contributed by atoms with Crippen molar-refractivity contribution in [2.75, 3.05) is 0 Å². The summed E-state index contributed by atoms with van der Waals surface area (Å²) in [4.78, 5) is 16.9. The molecule has 0 unspecified atom stereocenters. The molecule has 84 valence electrons. The van der Waals surface area contributed by atoms with Crippen LogP contribution < -0.4 is 0 Å². The fourth-order valence-electron chi connectivity index (χ4n) is 1.35. The van der Waals surface area contributed by atoms with Gasteiger partial charge in [0, 0.05) is 11.1 Å². The Labute approximate surface area is 102 Å². The number of ketones is 1. The zero-order valence-electron chi connectivity index (χ0n) is 9.06. The zero-order chi connectivity index (χ0) is 11.5. The number of rotatable bonds is 4. The third-order valence-corrected chi connectivity index (χ3v) is 3.90. The topological polar surface area (TPSA) is 55.7 Å². The van der Waals surface area contributed by atoms with Gasteiger partial charge in [-0.1, -0.05) is 11.4 Å². The van der Waals surface area contributed by atoms with Crippen LogP contribution in [0, 0.1) is 6.92 Å². The van der Waals surface area contributed by atoms with Crippen molar-refractivity contribution in [2.24, 2.45) is 0 Å². The number of carbonyl (C=O) groups is 1. The molecule has 0 aliphatic carbocycles. The molecule has 0 aliphatic rings. The lowest BCUT2D eigenvalue weighted by Crippen LogP contribution is -2.04. The van der Waals surface area contributed by atoms with Crippen molar-refractivity contribution in [3.63, 3.8) is 0 Å². The fourth-order valence-corrected chi connectivity index (χ4v) is 2.81. The lowest BCUT2D eigenvalue weighted by molar-refractivity contribution is 0.0995. The van der Waals surface area contributed by atoms with E-state index in [4.69, 9.17) is 0 Å². The number of aryl methyl sites for hydroxylation is 2. The van der Waals surface area contributed by atoms with E-state index in [0.717, 1.165) is 22.8 Å². The molecule has 0 spiro atoms. The summed E-state index contributed by atoms with van der Waals surface area (Å²) in [6.07, 6.45) is 1.10. The summed E-state index contributed by atoms with van der Waals surface area (Å²) >= 11 is 2.69. The van der Waals surface area contributed by atoms with Crippen LogP contribution >= 0.6 is 22.9 Å². The smallest absolute Gasteiger partial charge is 0.183 e. The van der Waals surface area contributed by atoms with E-state index in [1.807, 2.05) is 19.2 Å². The van der Waals surface area contributed by atoms with E-state index in [-0.39, 0.29) is 5.78 Å². The van der Waals surface area contributed by atoms with Crippen molar-refractivity contribution < 1.29 is 4.79 Å². The van der Waals surface area contributed by atoms with Crippen molar-refractivity contribution in [2.45, 2.75) is 26.7 Å². The molecule has 2 aromatic heterocycles. The minimum Gasteiger partial charge on any atom is -0.293 e. The van der Waals surface area contributed by atoms with E-state index in [1.165, 1.54) is 22.9 Å². The van der Waals surface area contributed by atoms with Crippen molar-refractivity contribution >= 4 is 28.7 Å². The normalized spacial score (nSPS) is 10.6. The van der Waals surface area contributed by atoms with Crippen molar-refractivity contribution in [1.29, 1.82) is 0 Å². The van der Waals surface area contributed by atoms with Crippen molar-refractivity contribution in [3.05, 3.63) is 26.7 Å². The molecule has 0 bridgehead atoms. The van der Waals surface area contributed by atoms with Crippen molar-refractivity contribution in [1.82, 2.24) is 14.6 Å². The van der Waals surface area contributed by atoms with Crippen LogP contribution in [0.4, 0.5) is 0 Å². The minimum absolute atomic E-state index is 0.0706. The molecule has 0 N–H and O–H groups in total. The summed E-state index contributed by atoms with van der Waals surface area (Å²) in [5.74, 6) is 0.0706. The first kappa shape index (κ1) is 11.3. The number of thiazole rings is 1. The van der Waals surface area contributed by atoms with Gasteiger partial charge in [-0.25, -0.2) is 4.98 Å². The molecule has 4 nitrogen and oxygen atoms in total. The van der Waals surface area contributed by atoms with Gasteiger partial charge in [-0.2, -0.15) is 0 Å². The van der Waals surface area contributed by atoms with Crippen LogP contribution in [0.25, 0.3) is 0 Å². The molecule has 0 saturated carbocycles. The van der Waals surface area contributed by atoms with Gasteiger partial charge < -0.3 is 0 Å². The number of carbonyl (C=O) groups excluding carboxylic acids is 1. The summed E-state index contributed by atoms with van der Waals surface area (Å²) in [5.41, 5.74) is 1.76. The molecular weight excluding hydrogens is 242 g/mol. The van der Waals surface area contributed by atoms with Crippen LogP contribution in [0.2, 0.25) is 0 Å². The molecule has 16 heavy (non-hydrogen) atoms. The summed E-state index contributed by atoms with van der Waals surface area (Å²) < 4.78 is 3.81. The average molecular weight is 253 g/mol. The van der Waals surface area contributed by atoms with Gasteiger partial charge in [0.05, 0.1) is 12.1 Å². The predicted molar refractivity (Wildman–Crippen MR) is 64.2 cm³/mol. The van der Waals surface area contributed by atoms with E-state index >= 15 is 0 Å². The summed E-state index contributed by atoms with van der Waals surface area (Å²) in [6, 6.07) is 0. The molecule has 0 atom stereocenters. The Bertz CT molecular complexity index is 504. The number of nitrogens with zero attached hydrogens (tertiary/aromatic N) is 3. The Morgan fingerprint density at radius 3 is 2.94 bits per heavy atom. The van der Waals surface area contributed by atoms with Gasteiger partial charge >= 0.3 is 0 Å². The first-order valence-corrected chi connectivity index (χ1v) is 6.61. The van der Waals surface area contributed by atoms with Crippen LogP contribution in [-0.4, -0.2) is 20.4 Å². The molecule has 0 aliphatic heterocycles. The highest BCUT2D eigenvalue weighted by Crippen LogP contribution is 2.17. The highest BCUT2D eigenvalue weighted by atomic mass is 32.1. The molecular formula is C10H11N3OS2. The Balaban J connectivity index is 2.14. The molecule has 0 radical (unpaired) electrons. The second-order valence-electron chi connectivity index (χ2n) is 3.38. The average Bonchev–Trinajstić information content (AvgIpc) is 2.86. The molecule has 2 aromatic rings. The molecule has 0 saturated heterocycles. The molecule has 0 amide bonds. The first-order chi connectivity index (χ1) is 7.70. The Morgan fingerprint density at radius 1 is 1.50 bits per heavy atom. The van der Waals surface area contributed by atoms with E-state index in [9.17, 15) is 4.79 Å². The van der Waals surface area contributed by atoms with Crippen LogP contribution in [0.1, 0.15) is 33.0 Å². The minimum atomic E-state index is 0.0706. The molecule has 2 heterocycles. The maximum absolute atomic E-state index is 12.0. The van der Waals surface area contributed by atoms with Gasteiger partial charge in [-0.05, 0) is 24.9 Å². The van der Waals surface area contributed by atoms with Crippen LogP contribution in [0.15, 0.2) is 5.38 Å². The largest absolute Gasteiger partial charge is 0.293 e. The maximum atomic E-state index is 12.0. The van der Waals surface area contributed by atoms with Crippen LogP contribution in [0.3, 0.4) is 0 Å². The first-order valence-electron chi connectivity index (χ1n) is 4.96. The zero-order valence-corrected chi connectivity index (χ0v) is 10.7. The Kier molecular flexibility index (Phi) is 3.40. The SMILES string of the molecule is CCc1nnsc1C(=O)Cc1nc(C)cs1. The second-order valence-corrected chi connectivity index (χ2v) is 5.08. The van der Waals surface area contributed by atoms with Crippen molar-refractivity contribution in [3.8, 4) is 0 Å². The van der Waals surface area contributed by atoms with E-state index in [1.54, 1.807) is 0 Å². The monoisotopic (exact) mass is 253 g/mol. The van der Waals surface area contributed by atoms with E-state index < -0.39 is 0 Å². The number of hydrogen-bond donors (Lipinski definition) is 0. The summed E-state index contributed by atoms with van der Waals surface area (Å²) in [7, 11) is 0. The van der Waals surface area contributed by atoms with Gasteiger partial charge in [-0.15, -0.1) is 16.4 Å². The molecule has 0 aromatic carbocycles. The van der Waals surface area contributed by atoms with E-state index in [2.05, 4.69) is 14.6 Å².